The minimum atomic E-state index is 0.707. The molecule has 1 N–H and O–H groups in total. The highest BCUT2D eigenvalue weighted by atomic mass is 16.5. The van der Waals surface area contributed by atoms with Crippen molar-refractivity contribution in [2.75, 3.05) is 6.61 Å². The molecule has 0 spiro atoms. The fraction of sp³-hybridized carbons (Fsp3) is 0.176. The summed E-state index contributed by atoms with van der Waals surface area (Å²) in [5.74, 6) is 0.952. The molecule has 0 saturated carbocycles. The fourth-order valence-corrected chi connectivity index (χ4v) is 3.01. The summed E-state index contributed by atoms with van der Waals surface area (Å²) in [6.45, 7) is 2.72. The van der Waals surface area contributed by atoms with Crippen LogP contribution in [0.5, 0.6) is 5.75 Å². The van der Waals surface area contributed by atoms with Crippen molar-refractivity contribution in [3.05, 3.63) is 53.6 Å². The van der Waals surface area contributed by atoms with Gasteiger partial charge in [0.05, 0.1) is 12.3 Å². The average molecular weight is 249 g/mol. The molecule has 0 amide bonds. The zero-order chi connectivity index (χ0) is 12.8. The molecule has 0 unspecified atom stereocenters. The molecule has 1 aliphatic carbocycles. The lowest BCUT2D eigenvalue weighted by Gasteiger charge is -2.03. The van der Waals surface area contributed by atoms with E-state index in [4.69, 9.17) is 4.74 Å². The van der Waals surface area contributed by atoms with Crippen LogP contribution in [0.1, 0.15) is 18.1 Å². The van der Waals surface area contributed by atoms with E-state index in [9.17, 15) is 0 Å². The first-order valence-corrected chi connectivity index (χ1v) is 6.72. The van der Waals surface area contributed by atoms with Gasteiger partial charge in [0, 0.05) is 22.9 Å². The summed E-state index contributed by atoms with van der Waals surface area (Å²) in [5, 5.41) is 1.29. The van der Waals surface area contributed by atoms with Crippen LogP contribution < -0.4 is 4.74 Å². The second-order valence-electron chi connectivity index (χ2n) is 4.95. The molecule has 1 aliphatic rings. The standard InChI is InChI=1S/C17H15NO/c1-2-19-12-7-8-16-14(10-12)15-9-11-5-3-4-6-13(11)17(15)18-16/h3-8,10,18H,2,9H2,1H3. The van der Waals surface area contributed by atoms with Crippen molar-refractivity contribution in [2.45, 2.75) is 13.3 Å². The topological polar surface area (TPSA) is 25.0 Å². The molecule has 1 aromatic heterocycles. The molecule has 3 aromatic rings. The summed E-state index contributed by atoms with van der Waals surface area (Å²) in [7, 11) is 0. The SMILES string of the molecule is CCOc1ccc2[nH]c3c(c2c1)Cc1ccccc1-3. The van der Waals surface area contributed by atoms with Gasteiger partial charge in [-0.1, -0.05) is 24.3 Å². The molecular weight excluding hydrogens is 234 g/mol. The van der Waals surface area contributed by atoms with E-state index in [-0.39, 0.29) is 0 Å². The Morgan fingerprint density at radius 1 is 1.16 bits per heavy atom. The summed E-state index contributed by atoms with van der Waals surface area (Å²) in [4.78, 5) is 3.55. The Bertz CT molecular complexity index is 770. The Labute approximate surface area is 112 Å². The van der Waals surface area contributed by atoms with Gasteiger partial charge in [-0.25, -0.2) is 0 Å². The lowest BCUT2D eigenvalue weighted by Crippen LogP contribution is -1.90. The maximum Gasteiger partial charge on any atom is 0.120 e. The van der Waals surface area contributed by atoms with Gasteiger partial charge in [0.2, 0.25) is 0 Å². The predicted molar refractivity (Wildman–Crippen MR) is 77.7 cm³/mol. The Morgan fingerprint density at radius 3 is 2.95 bits per heavy atom. The molecule has 0 atom stereocenters. The average Bonchev–Trinajstić information content (AvgIpc) is 2.95. The molecule has 2 nitrogen and oxygen atoms in total. The highest BCUT2D eigenvalue weighted by Crippen LogP contribution is 2.40. The third-order valence-corrected chi connectivity index (χ3v) is 3.84. The number of hydrogen-bond donors (Lipinski definition) is 1. The van der Waals surface area contributed by atoms with E-state index in [0.29, 0.717) is 6.61 Å². The zero-order valence-electron chi connectivity index (χ0n) is 10.9. The van der Waals surface area contributed by atoms with Gasteiger partial charge in [-0.2, -0.15) is 0 Å². The van der Waals surface area contributed by atoms with Crippen LogP contribution in [0, 0.1) is 0 Å². The van der Waals surface area contributed by atoms with Crippen molar-refractivity contribution >= 4 is 10.9 Å². The maximum atomic E-state index is 5.61. The number of benzene rings is 2. The number of hydrogen-bond acceptors (Lipinski definition) is 1. The van der Waals surface area contributed by atoms with E-state index >= 15 is 0 Å². The predicted octanol–water partition coefficient (Wildman–Crippen LogP) is 4.14. The third kappa shape index (κ3) is 1.49. The quantitative estimate of drug-likeness (QED) is 0.567. The lowest BCUT2D eigenvalue weighted by atomic mass is 10.1. The minimum absolute atomic E-state index is 0.707. The van der Waals surface area contributed by atoms with Crippen LogP contribution in [0.15, 0.2) is 42.5 Å². The van der Waals surface area contributed by atoms with Crippen molar-refractivity contribution < 1.29 is 4.74 Å². The van der Waals surface area contributed by atoms with Crippen molar-refractivity contribution in [3.8, 4) is 17.0 Å². The van der Waals surface area contributed by atoms with E-state index in [1.165, 1.54) is 33.3 Å². The summed E-state index contributed by atoms with van der Waals surface area (Å²) >= 11 is 0. The van der Waals surface area contributed by atoms with Crippen molar-refractivity contribution in [2.24, 2.45) is 0 Å². The van der Waals surface area contributed by atoms with E-state index in [2.05, 4.69) is 41.4 Å². The summed E-state index contributed by atoms with van der Waals surface area (Å²) < 4.78 is 5.61. The molecule has 0 fully saturated rings. The number of ether oxygens (including phenoxy) is 1. The van der Waals surface area contributed by atoms with Crippen LogP contribution in [0.4, 0.5) is 0 Å². The summed E-state index contributed by atoms with van der Waals surface area (Å²) in [6.07, 6.45) is 1.01. The van der Waals surface area contributed by atoms with E-state index in [0.717, 1.165) is 12.2 Å². The molecule has 2 heteroatoms. The Kier molecular flexibility index (Phi) is 2.18. The van der Waals surface area contributed by atoms with E-state index in [1.807, 2.05) is 13.0 Å². The maximum absolute atomic E-state index is 5.61. The third-order valence-electron chi connectivity index (χ3n) is 3.84. The van der Waals surface area contributed by atoms with Crippen LogP contribution in [0.2, 0.25) is 0 Å². The second kappa shape index (κ2) is 3.89. The normalized spacial score (nSPS) is 12.5. The van der Waals surface area contributed by atoms with Gasteiger partial charge < -0.3 is 9.72 Å². The zero-order valence-corrected chi connectivity index (χ0v) is 10.9. The highest BCUT2D eigenvalue weighted by molar-refractivity contribution is 5.95. The number of fused-ring (bicyclic) bond motifs is 5. The van der Waals surface area contributed by atoms with Gasteiger partial charge in [-0.15, -0.1) is 0 Å². The first-order valence-electron chi connectivity index (χ1n) is 6.72. The van der Waals surface area contributed by atoms with Gasteiger partial charge in [-0.05, 0) is 36.2 Å². The number of nitrogens with one attached hydrogen (secondary N) is 1. The molecule has 1 heterocycles. The van der Waals surface area contributed by atoms with Crippen LogP contribution in [0.25, 0.3) is 22.2 Å². The van der Waals surface area contributed by atoms with Crippen molar-refractivity contribution in [1.82, 2.24) is 4.98 Å². The van der Waals surface area contributed by atoms with Crippen LogP contribution in [-0.4, -0.2) is 11.6 Å². The van der Waals surface area contributed by atoms with Crippen molar-refractivity contribution in [3.63, 3.8) is 0 Å². The summed E-state index contributed by atoms with van der Waals surface area (Å²) in [6, 6.07) is 14.9. The fourth-order valence-electron chi connectivity index (χ4n) is 3.01. The molecule has 0 bridgehead atoms. The number of H-pyrrole nitrogens is 1. The largest absolute Gasteiger partial charge is 0.494 e. The monoisotopic (exact) mass is 249 g/mol. The van der Waals surface area contributed by atoms with E-state index < -0.39 is 0 Å². The number of aromatic amines is 1. The first-order chi connectivity index (χ1) is 9.36. The molecule has 19 heavy (non-hydrogen) atoms. The van der Waals surface area contributed by atoms with Gasteiger partial charge in [0.15, 0.2) is 0 Å². The van der Waals surface area contributed by atoms with Gasteiger partial charge >= 0.3 is 0 Å². The Hall–Kier alpha value is -2.22. The summed E-state index contributed by atoms with van der Waals surface area (Å²) in [5.41, 5.74) is 6.62. The molecule has 94 valence electrons. The van der Waals surface area contributed by atoms with Gasteiger partial charge in [-0.3, -0.25) is 0 Å². The van der Waals surface area contributed by atoms with Gasteiger partial charge in [0.25, 0.3) is 0 Å². The van der Waals surface area contributed by atoms with E-state index in [1.54, 1.807) is 0 Å². The smallest absolute Gasteiger partial charge is 0.120 e. The number of aromatic nitrogens is 1. The Balaban J connectivity index is 1.94. The first kappa shape index (κ1) is 10.7. The molecule has 4 rings (SSSR count). The van der Waals surface area contributed by atoms with Crippen molar-refractivity contribution in [1.29, 1.82) is 0 Å². The minimum Gasteiger partial charge on any atom is -0.494 e. The molecule has 0 radical (unpaired) electrons. The lowest BCUT2D eigenvalue weighted by molar-refractivity contribution is 0.340. The van der Waals surface area contributed by atoms with Crippen LogP contribution in [0.3, 0.4) is 0 Å². The number of rotatable bonds is 2. The molecule has 0 saturated heterocycles. The molecule has 0 aliphatic heterocycles. The van der Waals surface area contributed by atoms with Crippen LogP contribution >= 0.6 is 0 Å². The molecular formula is C17H15NO. The second-order valence-corrected chi connectivity index (χ2v) is 4.95. The van der Waals surface area contributed by atoms with Gasteiger partial charge in [0.1, 0.15) is 5.75 Å². The Morgan fingerprint density at radius 2 is 2.05 bits per heavy atom. The molecule has 2 aromatic carbocycles. The van der Waals surface area contributed by atoms with Crippen LogP contribution in [-0.2, 0) is 6.42 Å². The highest BCUT2D eigenvalue weighted by Gasteiger charge is 2.22.